The molecule has 27 heavy (non-hydrogen) atoms. The summed E-state index contributed by atoms with van der Waals surface area (Å²) in [4.78, 5) is 25.2. The molecule has 1 atom stereocenters. The number of ether oxygens (including phenoxy) is 1. The molecule has 0 aliphatic carbocycles. The molecule has 7 nitrogen and oxygen atoms in total. The van der Waals surface area contributed by atoms with Gasteiger partial charge in [-0.25, -0.2) is 4.98 Å². The average Bonchev–Trinajstić information content (AvgIpc) is 3.14. The lowest BCUT2D eigenvalue weighted by molar-refractivity contribution is -0.144. The first-order valence-electron chi connectivity index (χ1n) is 8.78. The van der Waals surface area contributed by atoms with Crippen molar-refractivity contribution in [2.75, 3.05) is 0 Å². The lowest BCUT2D eigenvalue weighted by atomic mass is 10.0. The molecular formula is C20H20N4O3. The first-order chi connectivity index (χ1) is 13.2. The van der Waals surface area contributed by atoms with Gasteiger partial charge in [0, 0.05) is 25.7 Å². The van der Waals surface area contributed by atoms with Crippen LogP contribution in [0.2, 0.25) is 0 Å². The molecule has 0 saturated carbocycles. The number of imidazole rings is 1. The molecule has 2 N–H and O–H groups in total. The van der Waals surface area contributed by atoms with Crippen molar-refractivity contribution >= 4 is 5.97 Å². The molecule has 7 heteroatoms. The van der Waals surface area contributed by atoms with Gasteiger partial charge in [-0.05, 0) is 29.8 Å². The van der Waals surface area contributed by atoms with Gasteiger partial charge in [0.2, 0.25) is 0 Å². The van der Waals surface area contributed by atoms with E-state index < -0.39 is 12.0 Å². The fourth-order valence-corrected chi connectivity index (χ4v) is 3.31. The third kappa shape index (κ3) is 3.98. The maximum atomic E-state index is 11.7. The molecule has 0 fully saturated rings. The van der Waals surface area contributed by atoms with Crippen LogP contribution in [0.4, 0.5) is 0 Å². The summed E-state index contributed by atoms with van der Waals surface area (Å²) >= 11 is 0. The number of aliphatic carboxylic acids is 1. The van der Waals surface area contributed by atoms with Crippen LogP contribution in [0.3, 0.4) is 0 Å². The van der Waals surface area contributed by atoms with E-state index >= 15 is 0 Å². The van der Waals surface area contributed by atoms with Gasteiger partial charge >= 0.3 is 5.97 Å². The fraction of sp³-hybridized carbons (Fsp3) is 0.250. The molecule has 1 aliphatic heterocycles. The van der Waals surface area contributed by atoms with Gasteiger partial charge in [0.15, 0.2) is 0 Å². The highest BCUT2D eigenvalue weighted by Crippen LogP contribution is 2.24. The quantitative estimate of drug-likeness (QED) is 0.698. The van der Waals surface area contributed by atoms with Gasteiger partial charge in [-0.1, -0.05) is 18.2 Å². The molecule has 1 aliphatic rings. The van der Waals surface area contributed by atoms with E-state index in [2.05, 4.69) is 15.0 Å². The molecule has 138 valence electrons. The normalized spacial score (nSPS) is 16.7. The van der Waals surface area contributed by atoms with Gasteiger partial charge in [0.1, 0.15) is 18.4 Å². The number of carboxylic acids is 1. The first kappa shape index (κ1) is 17.2. The summed E-state index contributed by atoms with van der Waals surface area (Å²) in [6, 6.07) is 12.9. The number of fused-ring (bicyclic) bond motifs is 1. The number of nitrogens with zero attached hydrogens (tertiary/aromatic N) is 3. The monoisotopic (exact) mass is 364 g/mol. The largest absolute Gasteiger partial charge is 0.487 e. The zero-order valence-electron chi connectivity index (χ0n) is 14.7. The summed E-state index contributed by atoms with van der Waals surface area (Å²) in [5.41, 5.74) is 3.68. The maximum absolute atomic E-state index is 11.7. The summed E-state index contributed by atoms with van der Waals surface area (Å²) in [7, 11) is 0. The summed E-state index contributed by atoms with van der Waals surface area (Å²) < 4.78 is 5.83. The summed E-state index contributed by atoms with van der Waals surface area (Å²) in [6.45, 7) is 1.45. The molecule has 0 unspecified atom stereocenters. The second-order valence-electron chi connectivity index (χ2n) is 6.55. The van der Waals surface area contributed by atoms with E-state index in [1.807, 2.05) is 47.4 Å². The van der Waals surface area contributed by atoms with E-state index in [9.17, 15) is 9.90 Å². The highest BCUT2D eigenvalue weighted by atomic mass is 16.5. The number of carbonyl (C=O) groups is 1. The Hall–Kier alpha value is -3.19. The maximum Gasteiger partial charge on any atom is 0.321 e. The number of aromatic amines is 1. The highest BCUT2D eigenvalue weighted by Gasteiger charge is 2.32. The second kappa shape index (κ2) is 7.59. The lowest BCUT2D eigenvalue weighted by Gasteiger charge is -2.32. The minimum absolute atomic E-state index is 0.392. The van der Waals surface area contributed by atoms with Gasteiger partial charge in [-0.3, -0.25) is 14.7 Å². The van der Waals surface area contributed by atoms with Crippen molar-refractivity contribution in [3.63, 3.8) is 0 Å². The van der Waals surface area contributed by atoms with Crippen molar-refractivity contribution in [1.29, 1.82) is 0 Å². The van der Waals surface area contributed by atoms with Crippen LogP contribution >= 0.6 is 0 Å². The van der Waals surface area contributed by atoms with Crippen LogP contribution in [0, 0.1) is 0 Å². The topological polar surface area (TPSA) is 91.3 Å². The van der Waals surface area contributed by atoms with Crippen LogP contribution in [-0.4, -0.2) is 37.0 Å². The zero-order valence-corrected chi connectivity index (χ0v) is 14.7. The Morgan fingerprint density at radius 2 is 2.19 bits per heavy atom. The Balaban J connectivity index is 1.46. The van der Waals surface area contributed by atoms with E-state index in [1.165, 1.54) is 0 Å². The molecule has 1 aromatic carbocycles. The number of rotatable bonds is 6. The molecule has 0 spiro atoms. The standard InChI is InChI=1S/C20H20N4O3/c25-20(26)19-9-17-18(23-13-22-17)11-24(19)10-14-4-3-6-16(8-14)27-12-15-5-1-2-7-21-15/h1-8,13,19H,9-12H2,(H,22,23)(H,25,26)/t19-/m1/s1. The number of nitrogens with one attached hydrogen (secondary N) is 1. The van der Waals surface area contributed by atoms with Gasteiger partial charge in [-0.2, -0.15) is 0 Å². The van der Waals surface area contributed by atoms with Gasteiger partial charge in [0.05, 0.1) is 23.4 Å². The smallest absolute Gasteiger partial charge is 0.321 e. The molecule has 3 heterocycles. The third-order valence-corrected chi connectivity index (χ3v) is 4.68. The van der Waals surface area contributed by atoms with Gasteiger partial charge < -0.3 is 14.8 Å². The number of carboxylic acid groups (broad SMARTS) is 1. The van der Waals surface area contributed by atoms with E-state index in [0.717, 1.165) is 28.4 Å². The predicted octanol–water partition coefficient (Wildman–Crippen LogP) is 2.40. The third-order valence-electron chi connectivity index (χ3n) is 4.68. The number of hydrogen-bond donors (Lipinski definition) is 2. The predicted molar refractivity (Wildman–Crippen MR) is 98.0 cm³/mol. The van der Waals surface area contributed by atoms with Crippen LogP contribution in [0.1, 0.15) is 22.6 Å². The average molecular weight is 364 g/mol. The number of H-pyrrole nitrogens is 1. The van der Waals surface area contributed by atoms with E-state index in [1.54, 1.807) is 12.5 Å². The molecule has 4 rings (SSSR count). The van der Waals surface area contributed by atoms with E-state index in [0.29, 0.717) is 26.1 Å². The Bertz CT molecular complexity index is 926. The fourth-order valence-electron chi connectivity index (χ4n) is 3.31. The summed E-state index contributed by atoms with van der Waals surface area (Å²) in [5.74, 6) is -0.0875. The van der Waals surface area contributed by atoms with Crippen molar-refractivity contribution < 1.29 is 14.6 Å². The zero-order chi connectivity index (χ0) is 18.6. The first-order valence-corrected chi connectivity index (χ1v) is 8.78. The minimum atomic E-state index is -0.828. The molecular weight excluding hydrogens is 344 g/mol. The highest BCUT2D eigenvalue weighted by molar-refractivity contribution is 5.74. The van der Waals surface area contributed by atoms with E-state index in [-0.39, 0.29) is 0 Å². The molecule has 3 aromatic rings. The van der Waals surface area contributed by atoms with Crippen molar-refractivity contribution in [2.45, 2.75) is 32.2 Å². The van der Waals surface area contributed by atoms with Crippen LogP contribution < -0.4 is 4.74 Å². The number of hydrogen-bond acceptors (Lipinski definition) is 5. The Morgan fingerprint density at radius 3 is 3.00 bits per heavy atom. The van der Waals surface area contributed by atoms with Crippen LogP contribution in [0.25, 0.3) is 0 Å². The minimum Gasteiger partial charge on any atom is -0.487 e. The molecule has 0 radical (unpaired) electrons. The summed E-state index contributed by atoms with van der Waals surface area (Å²) in [5, 5.41) is 9.60. The van der Waals surface area contributed by atoms with Gasteiger partial charge in [0.25, 0.3) is 0 Å². The number of pyridine rings is 1. The van der Waals surface area contributed by atoms with Crippen LogP contribution in [0.5, 0.6) is 5.75 Å². The summed E-state index contributed by atoms with van der Waals surface area (Å²) in [6.07, 6.45) is 3.77. The molecule has 0 amide bonds. The van der Waals surface area contributed by atoms with E-state index in [4.69, 9.17) is 4.74 Å². The van der Waals surface area contributed by atoms with Crippen molar-refractivity contribution in [3.8, 4) is 5.75 Å². The van der Waals surface area contributed by atoms with Crippen molar-refractivity contribution in [2.24, 2.45) is 0 Å². The Labute approximate surface area is 156 Å². The Morgan fingerprint density at radius 1 is 1.26 bits per heavy atom. The van der Waals surface area contributed by atoms with Crippen molar-refractivity contribution in [3.05, 3.63) is 77.6 Å². The van der Waals surface area contributed by atoms with Crippen molar-refractivity contribution in [1.82, 2.24) is 19.9 Å². The van der Waals surface area contributed by atoms with Gasteiger partial charge in [-0.15, -0.1) is 0 Å². The Kier molecular flexibility index (Phi) is 4.84. The second-order valence-corrected chi connectivity index (χ2v) is 6.55. The van der Waals surface area contributed by atoms with Crippen LogP contribution in [0.15, 0.2) is 55.0 Å². The number of benzene rings is 1. The number of aromatic nitrogens is 3. The lowest BCUT2D eigenvalue weighted by Crippen LogP contribution is -2.45. The molecule has 0 bridgehead atoms. The van der Waals surface area contributed by atoms with Crippen LogP contribution in [-0.2, 0) is 30.9 Å². The molecule has 0 saturated heterocycles. The SMILES string of the molecule is O=C(O)[C@H]1Cc2nc[nH]c2CN1Cc1cccc(OCc2ccccn2)c1. The molecule has 2 aromatic heterocycles.